The van der Waals surface area contributed by atoms with Gasteiger partial charge in [-0.25, -0.2) is 4.98 Å². The second-order valence-corrected chi connectivity index (χ2v) is 3.82. The molecule has 1 aromatic heterocycles. The molecular weight excluding hydrogens is 287 g/mol. The Balaban J connectivity index is 0.00000200. The van der Waals surface area contributed by atoms with Crippen molar-refractivity contribution < 1.29 is 9.31 Å². The lowest BCUT2D eigenvalue weighted by atomic mass is 10.2. The summed E-state index contributed by atoms with van der Waals surface area (Å²) in [5.41, 5.74) is 5.34. The Kier molecular flexibility index (Phi) is 5.22. The number of nitrogens with zero attached hydrogens (tertiary/aromatic N) is 2. The molecule has 0 aliphatic carbocycles. The van der Waals surface area contributed by atoms with Gasteiger partial charge in [-0.05, 0) is 5.56 Å². The molecule has 106 valence electrons. The summed E-state index contributed by atoms with van der Waals surface area (Å²) in [6.45, 7) is 0.334. The van der Waals surface area contributed by atoms with E-state index in [1.54, 1.807) is 0 Å². The van der Waals surface area contributed by atoms with E-state index in [2.05, 4.69) is 10.3 Å². The number of nitro groups is 1. The summed E-state index contributed by atoms with van der Waals surface area (Å²) in [4.78, 5) is 13.4. The Morgan fingerprint density at radius 1 is 1.35 bits per heavy atom. The van der Waals surface area contributed by atoms with Gasteiger partial charge in [-0.2, -0.15) is 4.39 Å². The molecule has 20 heavy (non-hydrogen) atoms. The summed E-state index contributed by atoms with van der Waals surface area (Å²) in [6.07, 6.45) is 1.14. The van der Waals surface area contributed by atoms with E-state index in [0.717, 1.165) is 11.8 Å². The van der Waals surface area contributed by atoms with E-state index in [1.807, 2.05) is 30.3 Å². The fourth-order valence-corrected chi connectivity index (χ4v) is 1.58. The number of rotatable bonds is 4. The quantitative estimate of drug-likeness (QED) is 0.668. The third kappa shape index (κ3) is 3.33. The Labute approximate surface area is 120 Å². The molecule has 0 unspecified atom stereocenters. The number of nitrogens with one attached hydrogen (secondary N) is 1. The van der Waals surface area contributed by atoms with Crippen LogP contribution in [-0.4, -0.2) is 9.91 Å². The highest BCUT2D eigenvalue weighted by molar-refractivity contribution is 5.85. The molecule has 8 heteroatoms. The number of anilines is 2. The molecular formula is C12H12ClFN4O2. The second kappa shape index (κ2) is 6.67. The lowest BCUT2D eigenvalue weighted by molar-refractivity contribution is -0.386. The molecule has 2 aromatic rings. The van der Waals surface area contributed by atoms with Crippen molar-refractivity contribution in [3.8, 4) is 0 Å². The van der Waals surface area contributed by atoms with Gasteiger partial charge in [-0.3, -0.25) is 10.1 Å². The first kappa shape index (κ1) is 15.6. The van der Waals surface area contributed by atoms with E-state index in [9.17, 15) is 14.5 Å². The molecule has 0 saturated heterocycles. The summed E-state index contributed by atoms with van der Waals surface area (Å²) in [5.74, 6) is -1.44. The fourth-order valence-electron chi connectivity index (χ4n) is 1.58. The molecule has 0 amide bonds. The third-order valence-corrected chi connectivity index (χ3v) is 2.53. The number of pyridine rings is 1. The summed E-state index contributed by atoms with van der Waals surface area (Å²) in [5, 5.41) is 13.4. The van der Waals surface area contributed by atoms with E-state index in [1.165, 1.54) is 0 Å². The zero-order valence-electron chi connectivity index (χ0n) is 10.2. The zero-order valence-corrected chi connectivity index (χ0v) is 11.1. The van der Waals surface area contributed by atoms with E-state index < -0.39 is 22.2 Å². The lowest BCUT2D eigenvalue weighted by Gasteiger charge is -2.08. The first-order valence-corrected chi connectivity index (χ1v) is 5.45. The molecule has 3 N–H and O–H groups in total. The van der Waals surface area contributed by atoms with Crippen molar-refractivity contribution in [2.45, 2.75) is 6.54 Å². The molecule has 0 spiro atoms. The SMILES string of the molecule is Cl.Nc1ncc(NCc2ccccc2)c(F)c1[N+](=O)[O-]. The van der Waals surface area contributed by atoms with Crippen LogP contribution < -0.4 is 11.1 Å². The van der Waals surface area contributed by atoms with Crippen molar-refractivity contribution in [3.05, 3.63) is 58.0 Å². The summed E-state index contributed by atoms with van der Waals surface area (Å²) in [6, 6.07) is 9.25. The zero-order chi connectivity index (χ0) is 13.8. The van der Waals surface area contributed by atoms with Gasteiger partial charge in [-0.1, -0.05) is 30.3 Å². The predicted molar refractivity (Wildman–Crippen MR) is 76.3 cm³/mol. The largest absolute Gasteiger partial charge is 0.378 e. The molecule has 0 atom stereocenters. The highest BCUT2D eigenvalue weighted by Gasteiger charge is 2.23. The van der Waals surface area contributed by atoms with Crippen LogP contribution in [0, 0.1) is 15.9 Å². The van der Waals surface area contributed by atoms with Gasteiger partial charge in [0.15, 0.2) is 0 Å². The molecule has 0 aliphatic heterocycles. The van der Waals surface area contributed by atoms with Crippen LogP contribution in [0.25, 0.3) is 0 Å². The van der Waals surface area contributed by atoms with Gasteiger partial charge < -0.3 is 11.1 Å². The summed E-state index contributed by atoms with van der Waals surface area (Å²) in [7, 11) is 0. The topological polar surface area (TPSA) is 94.1 Å². The normalized spacial score (nSPS) is 9.65. The van der Waals surface area contributed by atoms with Crippen molar-refractivity contribution in [2.75, 3.05) is 11.1 Å². The van der Waals surface area contributed by atoms with Crippen LogP contribution in [0.4, 0.5) is 21.6 Å². The number of hydrogen-bond acceptors (Lipinski definition) is 5. The van der Waals surface area contributed by atoms with Crippen molar-refractivity contribution >= 4 is 29.6 Å². The second-order valence-electron chi connectivity index (χ2n) is 3.82. The highest BCUT2D eigenvalue weighted by Crippen LogP contribution is 2.28. The summed E-state index contributed by atoms with van der Waals surface area (Å²) >= 11 is 0. The molecule has 0 bridgehead atoms. The Morgan fingerprint density at radius 2 is 2.00 bits per heavy atom. The Morgan fingerprint density at radius 3 is 2.60 bits per heavy atom. The van der Waals surface area contributed by atoms with E-state index in [0.29, 0.717) is 6.54 Å². The van der Waals surface area contributed by atoms with Crippen molar-refractivity contribution in [1.29, 1.82) is 0 Å². The maximum absolute atomic E-state index is 13.9. The van der Waals surface area contributed by atoms with Crippen LogP contribution in [0.5, 0.6) is 0 Å². The van der Waals surface area contributed by atoms with Crippen LogP contribution in [0.1, 0.15) is 5.56 Å². The standard InChI is InChI=1S/C12H11FN4O2.ClH/c13-10-9(7-16-12(14)11(10)17(18)19)15-6-8-4-2-1-3-5-8;/h1-5,7,15H,6H2,(H2,14,16);1H. The maximum Gasteiger partial charge on any atom is 0.348 e. The average molecular weight is 299 g/mol. The van der Waals surface area contributed by atoms with Gasteiger partial charge in [0.05, 0.1) is 16.8 Å². The van der Waals surface area contributed by atoms with Crippen LogP contribution >= 0.6 is 12.4 Å². The molecule has 2 rings (SSSR count). The predicted octanol–water partition coefficient (Wildman–Crippen LogP) is 2.75. The van der Waals surface area contributed by atoms with E-state index in [-0.39, 0.29) is 18.1 Å². The Hall–Kier alpha value is -2.41. The molecule has 1 heterocycles. The van der Waals surface area contributed by atoms with Crippen LogP contribution in [-0.2, 0) is 6.54 Å². The number of nitrogen functional groups attached to an aromatic ring is 1. The number of nitrogens with two attached hydrogens (primary N) is 1. The maximum atomic E-state index is 13.9. The molecule has 1 aromatic carbocycles. The monoisotopic (exact) mass is 298 g/mol. The van der Waals surface area contributed by atoms with Crippen molar-refractivity contribution in [3.63, 3.8) is 0 Å². The van der Waals surface area contributed by atoms with Gasteiger partial charge in [0.2, 0.25) is 11.6 Å². The first-order chi connectivity index (χ1) is 9.09. The first-order valence-electron chi connectivity index (χ1n) is 5.45. The van der Waals surface area contributed by atoms with E-state index in [4.69, 9.17) is 5.73 Å². The molecule has 0 fully saturated rings. The molecule has 6 nitrogen and oxygen atoms in total. The third-order valence-electron chi connectivity index (χ3n) is 2.53. The minimum atomic E-state index is -1.01. The van der Waals surface area contributed by atoms with Gasteiger partial charge in [0.25, 0.3) is 0 Å². The van der Waals surface area contributed by atoms with Gasteiger partial charge in [0.1, 0.15) is 0 Å². The molecule has 0 aliphatic rings. The number of halogens is 2. The average Bonchev–Trinajstić information content (AvgIpc) is 2.38. The van der Waals surface area contributed by atoms with Gasteiger partial charge in [-0.15, -0.1) is 12.4 Å². The van der Waals surface area contributed by atoms with Crippen molar-refractivity contribution in [2.24, 2.45) is 0 Å². The number of hydrogen-bond donors (Lipinski definition) is 2. The minimum absolute atomic E-state index is 0. The number of benzene rings is 1. The Bertz CT molecular complexity index is 610. The number of aromatic nitrogens is 1. The lowest BCUT2D eigenvalue weighted by Crippen LogP contribution is -2.07. The molecule has 0 saturated carbocycles. The van der Waals surface area contributed by atoms with E-state index >= 15 is 0 Å². The molecule has 0 radical (unpaired) electrons. The fraction of sp³-hybridized carbons (Fsp3) is 0.0833. The van der Waals surface area contributed by atoms with Gasteiger partial charge in [0, 0.05) is 6.54 Å². The summed E-state index contributed by atoms with van der Waals surface area (Å²) < 4.78 is 13.9. The van der Waals surface area contributed by atoms with Crippen LogP contribution in [0.15, 0.2) is 36.5 Å². The van der Waals surface area contributed by atoms with Gasteiger partial charge >= 0.3 is 5.69 Å². The smallest absolute Gasteiger partial charge is 0.348 e. The minimum Gasteiger partial charge on any atom is -0.378 e. The van der Waals surface area contributed by atoms with Crippen LogP contribution in [0.2, 0.25) is 0 Å². The van der Waals surface area contributed by atoms with Crippen LogP contribution in [0.3, 0.4) is 0 Å². The van der Waals surface area contributed by atoms with Crippen molar-refractivity contribution in [1.82, 2.24) is 4.98 Å². The highest BCUT2D eigenvalue weighted by atomic mass is 35.5.